The van der Waals surface area contributed by atoms with Gasteiger partial charge in [0.1, 0.15) is 6.04 Å². The molecule has 1 saturated heterocycles. The SMILES string of the molecule is CC(=O)Nc1cccc(NC(=O)[C@H]2CCCN2C(=O)C23CC4CC(CC(C4)C2)C3)c1. The summed E-state index contributed by atoms with van der Waals surface area (Å²) in [5.74, 6) is 2.11. The van der Waals surface area contributed by atoms with Crippen molar-refractivity contribution in [1.29, 1.82) is 0 Å². The summed E-state index contributed by atoms with van der Waals surface area (Å²) in [4.78, 5) is 40.0. The van der Waals surface area contributed by atoms with Crippen LogP contribution >= 0.6 is 0 Å². The molecule has 6 nitrogen and oxygen atoms in total. The zero-order valence-electron chi connectivity index (χ0n) is 17.7. The van der Waals surface area contributed by atoms with Gasteiger partial charge in [0, 0.05) is 24.8 Å². The van der Waals surface area contributed by atoms with Gasteiger partial charge in [-0.15, -0.1) is 0 Å². The molecule has 1 aromatic carbocycles. The summed E-state index contributed by atoms with van der Waals surface area (Å²) >= 11 is 0. The van der Waals surface area contributed by atoms with Crippen molar-refractivity contribution in [3.63, 3.8) is 0 Å². The van der Waals surface area contributed by atoms with Crippen LogP contribution in [0.5, 0.6) is 0 Å². The first-order valence-electron chi connectivity index (χ1n) is 11.4. The van der Waals surface area contributed by atoms with Crippen LogP contribution in [0.15, 0.2) is 24.3 Å². The molecule has 160 valence electrons. The highest BCUT2D eigenvalue weighted by Crippen LogP contribution is 2.60. The number of likely N-dealkylation sites (tertiary alicyclic amines) is 1. The van der Waals surface area contributed by atoms with Gasteiger partial charge in [0.05, 0.1) is 5.41 Å². The van der Waals surface area contributed by atoms with E-state index in [-0.39, 0.29) is 23.1 Å². The lowest BCUT2D eigenvalue weighted by Crippen LogP contribution is -2.56. The summed E-state index contributed by atoms with van der Waals surface area (Å²) in [6.07, 6.45) is 8.60. The molecule has 1 atom stereocenters. The first-order chi connectivity index (χ1) is 14.4. The molecule has 6 heteroatoms. The number of anilines is 2. The summed E-state index contributed by atoms with van der Waals surface area (Å²) < 4.78 is 0. The minimum Gasteiger partial charge on any atom is -0.330 e. The van der Waals surface area contributed by atoms with Crippen LogP contribution in [0.4, 0.5) is 11.4 Å². The van der Waals surface area contributed by atoms with Crippen molar-refractivity contribution in [2.45, 2.75) is 64.3 Å². The van der Waals surface area contributed by atoms with Crippen molar-refractivity contribution < 1.29 is 14.4 Å². The molecule has 5 aliphatic rings. The average Bonchev–Trinajstić information content (AvgIpc) is 3.16. The number of carbonyl (C=O) groups excluding carboxylic acids is 3. The van der Waals surface area contributed by atoms with E-state index < -0.39 is 6.04 Å². The molecule has 5 fully saturated rings. The average molecular weight is 410 g/mol. The Hall–Kier alpha value is -2.37. The summed E-state index contributed by atoms with van der Waals surface area (Å²) in [6.45, 7) is 2.14. The van der Waals surface area contributed by atoms with Crippen molar-refractivity contribution in [2.24, 2.45) is 23.2 Å². The van der Waals surface area contributed by atoms with Gasteiger partial charge in [-0.25, -0.2) is 0 Å². The molecule has 0 radical (unpaired) electrons. The van der Waals surface area contributed by atoms with Crippen LogP contribution in [-0.4, -0.2) is 35.2 Å². The molecule has 1 aromatic rings. The van der Waals surface area contributed by atoms with E-state index in [1.54, 1.807) is 18.2 Å². The third-order valence-electron chi connectivity index (χ3n) is 7.76. The van der Waals surface area contributed by atoms with Crippen LogP contribution < -0.4 is 10.6 Å². The Morgan fingerprint density at radius 1 is 0.967 bits per heavy atom. The van der Waals surface area contributed by atoms with Gasteiger partial charge < -0.3 is 15.5 Å². The maximum atomic E-state index is 13.7. The second-order valence-electron chi connectivity index (χ2n) is 10.1. The Balaban J connectivity index is 1.30. The van der Waals surface area contributed by atoms with Crippen molar-refractivity contribution in [2.75, 3.05) is 17.2 Å². The minimum absolute atomic E-state index is 0.120. The first-order valence-corrected chi connectivity index (χ1v) is 11.4. The Bertz CT molecular complexity index is 845. The number of hydrogen-bond donors (Lipinski definition) is 2. The van der Waals surface area contributed by atoms with Crippen LogP contribution in [0.2, 0.25) is 0 Å². The maximum Gasteiger partial charge on any atom is 0.247 e. The van der Waals surface area contributed by atoms with E-state index in [1.165, 1.54) is 26.2 Å². The Morgan fingerprint density at radius 3 is 2.17 bits per heavy atom. The van der Waals surface area contributed by atoms with Gasteiger partial charge in [-0.2, -0.15) is 0 Å². The molecule has 4 aliphatic carbocycles. The Morgan fingerprint density at radius 2 is 1.57 bits per heavy atom. The first kappa shape index (κ1) is 19.6. The predicted molar refractivity (Wildman–Crippen MR) is 115 cm³/mol. The Kier molecular flexibility index (Phi) is 4.83. The molecule has 1 aliphatic heterocycles. The Labute approximate surface area is 177 Å². The smallest absolute Gasteiger partial charge is 0.247 e. The number of amides is 3. The van der Waals surface area contributed by atoms with Gasteiger partial charge in [0.15, 0.2) is 0 Å². The van der Waals surface area contributed by atoms with Crippen LogP contribution in [0.1, 0.15) is 58.3 Å². The van der Waals surface area contributed by atoms with Crippen molar-refractivity contribution >= 4 is 29.1 Å². The van der Waals surface area contributed by atoms with Crippen LogP contribution in [0.3, 0.4) is 0 Å². The van der Waals surface area contributed by atoms with Crippen LogP contribution in [0, 0.1) is 23.2 Å². The number of nitrogens with zero attached hydrogens (tertiary/aromatic N) is 1. The third kappa shape index (κ3) is 3.50. The number of benzene rings is 1. The molecule has 2 N–H and O–H groups in total. The van der Waals surface area contributed by atoms with E-state index in [2.05, 4.69) is 10.6 Å². The fraction of sp³-hybridized carbons (Fsp3) is 0.625. The molecule has 3 amide bonds. The van der Waals surface area contributed by atoms with Crippen LogP contribution in [0.25, 0.3) is 0 Å². The standard InChI is InChI=1S/C24H31N3O3/c1-15(28)25-19-4-2-5-20(11-19)26-22(29)21-6-3-7-27(21)23(30)24-12-16-8-17(13-24)10-18(9-16)14-24/h2,4-5,11,16-18,21H,3,6-10,12-14H2,1H3,(H,25,28)(H,26,29)/t16?,17?,18?,21-,24?/m1/s1. The molecular formula is C24H31N3O3. The van der Waals surface area contributed by atoms with E-state index >= 15 is 0 Å². The van der Waals surface area contributed by atoms with Gasteiger partial charge >= 0.3 is 0 Å². The normalized spacial score (nSPS) is 34.1. The molecule has 1 heterocycles. The van der Waals surface area contributed by atoms with Crippen molar-refractivity contribution in [3.8, 4) is 0 Å². The minimum atomic E-state index is -0.394. The predicted octanol–water partition coefficient (Wildman–Crippen LogP) is 3.79. The molecule has 6 rings (SSSR count). The number of rotatable bonds is 4. The molecule has 4 bridgehead atoms. The summed E-state index contributed by atoms with van der Waals surface area (Å²) in [7, 11) is 0. The quantitative estimate of drug-likeness (QED) is 0.794. The lowest BCUT2D eigenvalue weighted by Gasteiger charge is -2.56. The van der Waals surface area contributed by atoms with Gasteiger partial charge in [-0.05, 0) is 87.3 Å². The second kappa shape index (κ2) is 7.40. The topological polar surface area (TPSA) is 78.5 Å². The molecular weight excluding hydrogens is 378 g/mol. The van der Waals surface area contributed by atoms with E-state index in [0.29, 0.717) is 35.7 Å². The summed E-state index contributed by atoms with van der Waals surface area (Å²) in [6, 6.07) is 6.75. The molecule has 4 saturated carbocycles. The van der Waals surface area contributed by atoms with Gasteiger partial charge in [-0.3, -0.25) is 14.4 Å². The number of nitrogens with one attached hydrogen (secondary N) is 2. The highest BCUT2D eigenvalue weighted by Gasteiger charge is 2.56. The lowest BCUT2D eigenvalue weighted by atomic mass is 9.49. The molecule has 0 unspecified atom stereocenters. The summed E-state index contributed by atoms with van der Waals surface area (Å²) in [5, 5.41) is 5.71. The van der Waals surface area contributed by atoms with Gasteiger partial charge in [0.2, 0.25) is 17.7 Å². The van der Waals surface area contributed by atoms with Gasteiger partial charge in [0.25, 0.3) is 0 Å². The fourth-order valence-electron chi connectivity index (χ4n) is 7.06. The van der Waals surface area contributed by atoms with E-state index in [1.807, 2.05) is 11.0 Å². The lowest BCUT2D eigenvalue weighted by molar-refractivity contribution is -0.160. The van der Waals surface area contributed by atoms with E-state index in [9.17, 15) is 14.4 Å². The van der Waals surface area contributed by atoms with Crippen LogP contribution in [-0.2, 0) is 14.4 Å². The zero-order chi connectivity index (χ0) is 20.9. The zero-order valence-corrected chi connectivity index (χ0v) is 17.7. The summed E-state index contributed by atoms with van der Waals surface area (Å²) in [5.41, 5.74) is 1.08. The third-order valence-corrected chi connectivity index (χ3v) is 7.76. The molecule has 0 aromatic heterocycles. The highest BCUT2D eigenvalue weighted by atomic mass is 16.2. The largest absolute Gasteiger partial charge is 0.330 e. The van der Waals surface area contributed by atoms with E-state index in [4.69, 9.17) is 0 Å². The monoisotopic (exact) mass is 409 g/mol. The van der Waals surface area contributed by atoms with Gasteiger partial charge in [-0.1, -0.05) is 6.07 Å². The number of hydrogen-bond acceptors (Lipinski definition) is 3. The van der Waals surface area contributed by atoms with Crippen molar-refractivity contribution in [1.82, 2.24) is 4.90 Å². The second-order valence-corrected chi connectivity index (χ2v) is 10.1. The number of carbonyl (C=O) groups is 3. The fourth-order valence-corrected chi connectivity index (χ4v) is 7.06. The molecule has 0 spiro atoms. The van der Waals surface area contributed by atoms with E-state index in [0.717, 1.165) is 32.1 Å². The highest BCUT2D eigenvalue weighted by molar-refractivity contribution is 5.99. The maximum absolute atomic E-state index is 13.7. The van der Waals surface area contributed by atoms with Crippen molar-refractivity contribution in [3.05, 3.63) is 24.3 Å². The molecule has 30 heavy (non-hydrogen) atoms.